The van der Waals surface area contributed by atoms with Gasteiger partial charge in [0.05, 0.1) is 22.2 Å². The first-order valence-corrected chi connectivity index (χ1v) is 6.91. The lowest BCUT2D eigenvalue weighted by molar-refractivity contribution is -0.137. The Morgan fingerprint density at radius 2 is 1.90 bits per heavy atom. The van der Waals surface area contributed by atoms with Gasteiger partial charge >= 0.3 is 5.97 Å². The zero-order valence-corrected chi connectivity index (χ0v) is 12.0. The monoisotopic (exact) mass is 316 g/mol. The summed E-state index contributed by atoms with van der Waals surface area (Å²) in [5, 5.41) is 12.0. The number of nitrogen functional groups attached to an aromatic ring is 1. The fourth-order valence-electron chi connectivity index (χ4n) is 1.99. The van der Waals surface area contributed by atoms with Crippen molar-refractivity contribution in [3.05, 3.63) is 27.7 Å². The van der Waals surface area contributed by atoms with Gasteiger partial charge in [0.2, 0.25) is 0 Å². The highest BCUT2D eigenvalue weighted by atomic mass is 35.5. The number of nitrogens with one attached hydrogen (secondary N) is 1. The number of carboxylic acid groups (broad SMARTS) is 1. The average molecular weight is 317 g/mol. The predicted molar refractivity (Wildman–Crippen MR) is 77.1 cm³/mol. The van der Waals surface area contributed by atoms with Crippen molar-refractivity contribution >= 4 is 40.8 Å². The molecule has 20 heavy (non-hydrogen) atoms. The van der Waals surface area contributed by atoms with Gasteiger partial charge in [-0.3, -0.25) is 9.59 Å². The normalized spacial score (nSPS) is 15.7. The number of benzene rings is 1. The van der Waals surface area contributed by atoms with Crippen LogP contribution in [-0.4, -0.2) is 23.0 Å². The maximum atomic E-state index is 12.1. The number of rotatable bonds is 5. The van der Waals surface area contributed by atoms with Gasteiger partial charge in [0.25, 0.3) is 5.91 Å². The van der Waals surface area contributed by atoms with Gasteiger partial charge in [-0.15, -0.1) is 0 Å². The van der Waals surface area contributed by atoms with E-state index in [9.17, 15) is 9.59 Å². The van der Waals surface area contributed by atoms with Crippen molar-refractivity contribution in [2.24, 2.45) is 5.92 Å². The fourth-order valence-corrected chi connectivity index (χ4v) is 2.48. The number of anilines is 1. The molecule has 1 aromatic carbocycles. The number of carboxylic acids is 1. The van der Waals surface area contributed by atoms with E-state index in [4.69, 9.17) is 34.0 Å². The summed E-state index contributed by atoms with van der Waals surface area (Å²) in [5.74, 6) is -1.10. The fraction of sp³-hybridized carbons (Fsp3) is 0.385. The van der Waals surface area contributed by atoms with Crippen LogP contribution in [0.3, 0.4) is 0 Å². The Bertz CT molecular complexity index is 536. The number of carbonyl (C=O) groups is 2. The lowest BCUT2D eigenvalue weighted by atomic mass is 10.1. The van der Waals surface area contributed by atoms with Gasteiger partial charge in [-0.25, -0.2) is 0 Å². The van der Waals surface area contributed by atoms with Crippen LogP contribution in [0.15, 0.2) is 12.1 Å². The summed E-state index contributed by atoms with van der Waals surface area (Å²) >= 11 is 11.8. The second-order valence-corrected chi connectivity index (χ2v) is 5.68. The van der Waals surface area contributed by atoms with Crippen LogP contribution in [-0.2, 0) is 4.79 Å². The molecule has 1 aliphatic carbocycles. The lowest BCUT2D eigenvalue weighted by Gasteiger charge is -2.16. The molecule has 0 spiro atoms. The van der Waals surface area contributed by atoms with E-state index in [2.05, 4.69) is 5.32 Å². The summed E-state index contributed by atoms with van der Waals surface area (Å²) in [4.78, 5) is 22.9. The number of aliphatic carboxylic acids is 1. The molecule has 1 saturated carbocycles. The zero-order chi connectivity index (χ0) is 14.9. The van der Waals surface area contributed by atoms with Crippen molar-refractivity contribution in [1.82, 2.24) is 5.32 Å². The third-order valence-electron chi connectivity index (χ3n) is 3.24. The molecule has 1 unspecified atom stereocenters. The topological polar surface area (TPSA) is 92.4 Å². The van der Waals surface area contributed by atoms with Crippen molar-refractivity contribution in [2.45, 2.75) is 25.3 Å². The van der Waals surface area contributed by atoms with Crippen LogP contribution in [0.4, 0.5) is 5.69 Å². The predicted octanol–water partition coefficient (Wildman–Crippen LogP) is 2.56. The van der Waals surface area contributed by atoms with Gasteiger partial charge in [0.15, 0.2) is 0 Å². The number of hydrogen-bond donors (Lipinski definition) is 3. The largest absolute Gasteiger partial charge is 0.481 e. The van der Waals surface area contributed by atoms with Crippen LogP contribution in [0.1, 0.15) is 29.6 Å². The van der Waals surface area contributed by atoms with Crippen molar-refractivity contribution in [3.8, 4) is 0 Å². The van der Waals surface area contributed by atoms with E-state index in [1.54, 1.807) is 0 Å². The third-order valence-corrected chi connectivity index (χ3v) is 3.87. The molecule has 5 nitrogen and oxygen atoms in total. The minimum atomic E-state index is -0.935. The lowest BCUT2D eigenvalue weighted by Crippen LogP contribution is -2.38. The molecule has 1 fully saturated rings. The van der Waals surface area contributed by atoms with Gasteiger partial charge in [0, 0.05) is 11.6 Å². The van der Waals surface area contributed by atoms with E-state index in [1.165, 1.54) is 12.1 Å². The molecule has 1 aromatic rings. The first-order valence-electron chi connectivity index (χ1n) is 6.15. The van der Waals surface area contributed by atoms with E-state index >= 15 is 0 Å². The second kappa shape index (κ2) is 5.89. The van der Waals surface area contributed by atoms with Gasteiger partial charge in [-0.05, 0) is 30.9 Å². The molecule has 0 aromatic heterocycles. The molecule has 7 heteroatoms. The number of halogens is 2. The van der Waals surface area contributed by atoms with E-state index in [1.807, 2.05) is 0 Å². The molecule has 108 valence electrons. The standard InChI is InChI=1S/C13H14Cl2N2O3/c14-8-3-7(4-9(15)12(8)16)13(20)17-10(5-11(18)19)6-1-2-6/h3-4,6,10H,1-2,5,16H2,(H,17,20)(H,18,19). The smallest absolute Gasteiger partial charge is 0.305 e. The summed E-state index contributed by atoms with van der Waals surface area (Å²) < 4.78 is 0. The first-order chi connectivity index (χ1) is 9.38. The van der Waals surface area contributed by atoms with Crippen LogP contribution >= 0.6 is 23.2 Å². The Labute approximate surface area is 126 Å². The molecular formula is C13H14Cl2N2O3. The Hall–Kier alpha value is -1.46. The Balaban J connectivity index is 2.12. The van der Waals surface area contributed by atoms with Crippen LogP contribution in [0.2, 0.25) is 10.0 Å². The molecule has 1 amide bonds. The number of amides is 1. The van der Waals surface area contributed by atoms with E-state index in [0.29, 0.717) is 0 Å². The highest BCUT2D eigenvalue weighted by molar-refractivity contribution is 6.39. The summed E-state index contributed by atoms with van der Waals surface area (Å²) in [7, 11) is 0. The summed E-state index contributed by atoms with van der Waals surface area (Å²) in [6, 6.07) is 2.47. The van der Waals surface area contributed by atoms with E-state index in [-0.39, 0.29) is 39.7 Å². The number of carbonyl (C=O) groups excluding carboxylic acids is 1. The maximum Gasteiger partial charge on any atom is 0.305 e. The van der Waals surface area contributed by atoms with Crippen LogP contribution in [0.5, 0.6) is 0 Å². The minimum Gasteiger partial charge on any atom is -0.481 e. The van der Waals surface area contributed by atoms with Gasteiger partial charge in [-0.1, -0.05) is 23.2 Å². The van der Waals surface area contributed by atoms with Gasteiger partial charge in [0.1, 0.15) is 0 Å². The summed E-state index contributed by atoms with van der Waals surface area (Å²) in [6.07, 6.45) is 1.77. The van der Waals surface area contributed by atoms with Crippen molar-refractivity contribution in [2.75, 3.05) is 5.73 Å². The molecule has 0 saturated heterocycles. The van der Waals surface area contributed by atoms with Crippen molar-refractivity contribution in [1.29, 1.82) is 0 Å². The number of nitrogens with two attached hydrogens (primary N) is 1. The second-order valence-electron chi connectivity index (χ2n) is 4.87. The molecule has 0 radical (unpaired) electrons. The van der Waals surface area contributed by atoms with E-state index in [0.717, 1.165) is 12.8 Å². The average Bonchev–Trinajstić information content (AvgIpc) is 3.18. The highest BCUT2D eigenvalue weighted by Gasteiger charge is 2.34. The minimum absolute atomic E-state index is 0.0904. The molecular weight excluding hydrogens is 303 g/mol. The SMILES string of the molecule is Nc1c(Cl)cc(C(=O)NC(CC(=O)O)C2CC2)cc1Cl. The zero-order valence-electron chi connectivity index (χ0n) is 10.5. The molecule has 0 aliphatic heterocycles. The summed E-state index contributed by atoms with van der Waals surface area (Å²) in [5.41, 5.74) is 6.09. The highest BCUT2D eigenvalue weighted by Crippen LogP contribution is 2.34. The Kier molecular flexibility index (Phi) is 4.40. The van der Waals surface area contributed by atoms with Crippen LogP contribution in [0, 0.1) is 5.92 Å². The number of hydrogen-bond acceptors (Lipinski definition) is 3. The van der Waals surface area contributed by atoms with Crippen molar-refractivity contribution < 1.29 is 14.7 Å². The molecule has 0 bridgehead atoms. The quantitative estimate of drug-likeness (QED) is 0.728. The molecule has 4 N–H and O–H groups in total. The van der Waals surface area contributed by atoms with Gasteiger partial charge in [-0.2, -0.15) is 0 Å². The molecule has 2 rings (SSSR count). The van der Waals surface area contributed by atoms with Gasteiger partial charge < -0.3 is 16.2 Å². The van der Waals surface area contributed by atoms with Crippen molar-refractivity contribution in [3.63, 3.8) is 0 Å². The summed E-state index contributed by atoms with van der Waals surface area (Å²) in [6.45, 7) is 0. The van der Waals surface area contributed by atoms with Crippen LogP contribution in [0.25, 0.3) is 0 Å². The Morgan fingerprint density at radius 3 is 2.35 bits per heavy atom. The molecule has 1 aliphatic rings. The molecule has 1 atom stereocenters. The Morgan fingerprint density at radius 1 is 1.35 bits per heavy atom. The van der Waals surface area contributed by atoms with E-state index < -0.39 is 11.9 Å². The maximum absolute atomic E-state index is 12.1. The third kappa shape index (κ3) is 3.55. The van der Waals surface area contributed by atoms with Crippen LogP contribution < -0.4 is 11.1 Å². The molecule has 0 heterocycles. The first kappa shape index (κ1) is 14.9.